The fourth-order valence-electron chi connectivity index (χ4n) is 2.29. The summed E-state index contributed by atoms with van der Waals surface area (Å²) in [6.45, 7) is 0. The normalized spacial score (nSPS) is 12.2. The molecule has 0 aliphatic rings. The van der Waals surface area contributed by atoms with Gasteiger partial charge in [-0.05, 0) is 27.6 Å². The molecule has 0 atom stereocenters. The molecule has 18 heavy (non-hydrogen) atoms. The summed E-state index contributed by atoms with van der Waals surface area (Å²) in [5.74, 6) is 0. The Balaban J connectivity index is 2.48. The van der Waals surface area contributed by atoms with Gasteiger partial charge in [0.1, 0.15) is 0 Å². The van der Waals surface area contributed by atoms with Crippen LogP contribution in [-0.2, 0) is 6.18 Å². The molecule has 0 spiro atoms. The van der Waals surface area contributed by atoms with Gasteiger partial charge in [-0.1, -0.05) is 48.5 Å². The molecule has 0 heterocycles. The molecule has 0 saturated heterocycles. The second-order valence-corrected chi connectivity index (χ2v) is 4.19. The average molecular weight is 246 g/mol. The van der Waals surface area contributed by atoms with Crippen LogP contribution in [0, 0.1) is 0 Å². The number of benzene rings is 3. The van der Waals surface area contributed by atoms with Gasteiger partial charge in [-0.3, -0.25) is 0 Å². The highest BCUT2D eigenvalue weighted by Crippen LogP contribution is 2.36. The van der Waals surface area contributed by atoms with Crippen LogP contribution in [0.15, 0.2) is 54.6 Å². The quantitative estimate of drug-likeness (QED) is 0.489. The molecule has 3 aromatic rings. The van der Waals surface area contributed by atoms with E-state index >= 15 is 0 Å². The van der Waals surface area contributed by atoms with Crippen molar-refractivity contribution >= 4 is 21.5 Å². The molecular weight excluding hydrogens is 237 g/mol. The minimum atomic E-state index is -4.32. The molecular formula is C15H9F3. The third kappa shape index (κ3) is 1.63. The van der Waals surface area contributed by atoms with Crippen LogP contribution in [0.5, 0.6) is 0 Å². The van der Waals surface area contributed by atoms with Gasteiger partial charge in [-0.25, -0.2) is 0 Å². The summed E-state index contributed by atoms with van der Waals surface area (Å²) in [6.07, 6.45) is -4.32. The van der Waals surface area contributed by atoms with Gasteiger partial charge in [-0.15, -0.1) is 0 Å². The molecule has 0 aliphatic heterocycles. The van der Waals surface area contributed by atoms with Crippen molar-refractivity contribution in [1.29, 1.82) is 0 Å². The molecule has 0 amide bonds. The maximum absolute atomic E-state index is 12.9. The predicted molar refractivity (Wildman–Crippen MR) is 66.5 cm³/mol. The third-order valence-electron chi connectivity index (χ3n) is 3.09. The highest BCUT2D eigenvalue weighted by molar-refractivity contribution is 6.08. The number of fused-ring (bicyclic) bond motifs is 3. The van der Waals surface area contributed by atoms with Gasteiger partial charge in [0.2, 0.25) is 0 Å². The Hall–Kier alpha value is -2.03. The van der Waals surface area contributed by atoms with E-state index in [0.29, 0.717) is 5.39 Å². The first-order valence-corrected chi connectivity index (χ1v) is 5.55. The summed E-state index contributed by atoms with van der Waals surface area (Å²) in [7, 11) is 0. The smallest absolute Gasteiger partial charge is 0.166 e. The van der Waals surface area contributed by atoms with Crippen LogP contribution in [0.4, 0.5) is 13.2 Å². The second kappa shape index (κ2) is 3.73. The van der Waals surface area contributed by atoms with Crippen LogP contribution >= 0.6 is 0 Å². The Morgan fingerprint density at radius 1 is 0.611 bits per heavy atom. The van der Waals surface area contributed by atoms with Crippen LogP contribution in [0.1, 0.15) is 5.56 Å². The standard InChI is InChI=1S/C15H9F3/c16-15(17,18)14-7-3-6-12-11-5-2-1-4-10(11)8-9-13(12)14/h1-9H. The molecule has 0 N–H and O–H groups in total. The number of halogens is 3. The fourth-order valence-corrected chi connectivity index (χ4v) is 2.29. The lowest BCUT2D eigenvalue weighted by atomic mass is 9.98. The molecule has 0 radical (unpaired) electrons. The molecule has 0 nitrogen and oxygen atoms in total. The van der Waals surface area contributed by atoms with Crippen molar-refractivity contribution in [1.82, 2.24) is 0 Å². The molecule has 0 bridgehead atoms. The van der Waals surface area contributed by atoms with Crippen molar-refractivity contribution in [3.05, 3.63) is 60.2 Å². The Morgan fingerprint density at radius 3 is 2.11 bits per heavy atom. The third-order valence-corrected chi connectivity index (χ3v) is 3.09. The zero-order valence-corrected chi connectivity index (χ0v) is 9.33. The highest BCUT2D eigenvalue weighted by atomic mass is 19.4. The first-order chi connectivity index (χ1) is 8.57. The lowest BCUT2D eigenvalue weighted by Crippen LogP contribution is -2.05. The summed E-state index contributed by atoms with van der Waals surface area (Å²) >= 11 is 0. The number of hydrogen-bond donors (Lipinski definition) is 0. The minimum Gasteiger partial charge on any atom is -0.166 e. The average Bonchev–Trinajstić information content (AvgIpc) is 2.36. The van der Waals surface area contributed by atoms with Crippen molar-refractivity contribution in [2.24, 2.45) is 0 Å². The van der Waals surface area contributed by atoms with Gasteiger partial charge >= 0.3 is 6.18 Å². The van der Waals surface area contributed by atoms with Crippen LogP contribution in [0.2, 0.25) is 0 Å². The monoisotopic (exact) mass is 246 g/mol. The fraction of sp³-hybridized carbons (Fsp3) is 0.0667. The molecule has 0 unspecified atom stereocenters. The molecule has 0 aliphatic carbocycles. The summed E-state index contributed by atoms with van der Waals surface area (Å²) in [4.78, 5) is 0. The zero-order valence-electron chi connectivity index (χ0n) is 9.33. The topological polar surface area (TPSA) is 0 Å². The Morgan fingerprint density at radius 2 is 1.33 bits per heavy atom. The number of rotatable bonds is 0. The van der Waals surface area contributed by atoms with E-state index in [-0.39, 0.29) is 5.39 Å². The predicted octanol–water partition coefficient (Wildman–Crippen LogP) is 5.01. The summed E-state index contributed by atoms with van der Waals surface area (Å²) in [6, 6.07) is 15.0. The van der Waals surface area contributed by atoms with E-state index < -0.39 is 11.7 Å². The molecule has 3 rings (SSSR count). The molecule has 0 aromatic heterocycles. The summed E-state index contributed by atoms with van der Waals surface area (Å²) in [5, 5.41) is 2.69. The molecule has 90 valence electrons. The Labute approximate surface area is 102 Å². The van der Waals surface area contributed by atoms with Crippen molar-refractivity contribution in [3.8, 4) is 0 Å². The number of alkyl halides is 3. The van der Waals surface area contributed by atoms with Gasteiger partial charge in [0.25, 0.3) is 0 Å². The summed E-state index contributed by atoms with van der Waals surface area (Å²) in [5.41, 5.74) is -0.578. The van der Waals surface area contributed by atoms with Crippen molar-refractivity contribution in [2.45, 2.75) is 6.18 Å². The number of hydrogen-bond acceptors (Lipinski definition) is 0. The Bertz CT molecular complexity index is 726. The molecule has 3 aromatic carbocycles. The maximum Gasteiger partial charge on any atom is 0.417 e. The largest absolute Gasteiger partial charge is 0.417 e. The van der Waals surface area contributed by atoms with Crippen LogP contribution < -0.4 is 0 Å². The van der Waals surface area contributed by atoms with Crippen molar-refractivity contribution in [2.75, 3.05) is 0 Å². The first kappa shape index (κ1) is 11.1. The molecule has 3 heteroatoms. The lowest BCUT2D eigenvalue weighted by Gasteiger charge is -2.11. The van der Waals surface area contributed by atoms with Gasteiger partial charge < -0.3 is 0 Å². The maximum atomic E-state index is 12.9. The van der Waals surface area contributed by atoms with E-state index in [1.165, 1.54) is 6.07 Å². The first-order valence-electron chi connectivity index (χ1n) is 5.55. The van der Waals surface area contributed by atoms with Crippen molar-refractivity contribution < 1.29 is 13.2 Å². The van der Waals surface area contributed by atoms with E-state index in [9.17, 15) is 13.2 Å². The van der Waals surface area contributed by atoms with Gasteiger partial charge in [0.05, 0.1) is 5.56 Å². The molecule has 0 fully saturated rings. The van der Waals surface area contributed by atoms with E-state index in [2.05, 4.69) is 0 Å². The SMILES string of the molecule is FC(F)(F)c1cccc2c1ccc1ccccc12. The van der Waals surface area contributed by atoms with Gasteiger partial charge in [0.15, 0.2) is 0 Å². The van der Waals surface area contributed by atoms with Gasteiger partial charge in [0, 0.05) is 0 Å². The van der Waals surface area contributed by atoms with Crippen molar-refractivity contribution in [3.63, 3.8) is 0 Å². The highest BCUT2D eigenvalue weighted by Gasteiger charge is 2.32. The second-order valence-electron chi connectivity index (χ2n) is 4.19. The van der Waals surface area contributed by atoms with E-state index in [1.54, 1.807) is 18.2 Å². The van der Waals surface area contributed by atoms with Gasteiger partial charge in [-0.2, -0.15) is 13.2 Å². The van der Waals surface area contributed by atoms with Crippen LogP contribution in [-0.4, -0.2) is 0 Å². The van der Waals surface area contributed by atoms with Crippen LogP contribution in [0.25, 0.3) is 21.5 Å². The minimum absolute atomic E-state index is 0.253. The molecule has 0 saturated carbocycles. The van der Waals surface area contributed by atoms with E-state index in [1.807, 2.05) is 24.3 Å². The lowest BCUT2D eigenvalue weighted by molar-refractivity contribution is -0.136. The van der Waals surface area contributed by atoms with E-state index in [4.69, 9.17) is 0 Å². The summed E-state index contributed by atoms with van der Waals surface area (Å²) < 4.78 is 38.8. The van der Waals surface area contributed by atoms with E-state index in [0.717, 1.165) is 16.8 Å². The zero-order chi connectivity index (χ0) is 12.8. The van der Waals surface area contributed by atoms with Crippen LogP contribution in [0.3, 0.4) is 0 Å². The Kier molecular flexibility index (Phi) is 2.30.